The van der Waals surface area contributed by atoms with Crippen molar-refractivity contribution in [2.75, 3.05) is 24.8 Å². The van der Waals surface area contributed by atoms with E-state index in [1.54, 1.807) is 9.96 Å². The predicted octanol–water partition coefficient (Wildman–Crippen LogP) is 2.47. The molecule has 0 radical (unpaired) electrons. The van der Waals surface area contributed by atoms with Gasteiger partial charge >= 0.3 is 6.09 Å². The summed E-state index contributed by atoms with van der Waals surface area (Å²) in [6.45, 7) is 12.7. The highest BCUT2D eigenvalue weighted by Crippen LogP contribution is 2.18. The predicted molar refractivity (Wildman–Crippen MR) is 87.2 cm³/mol. The van der Waals surface area contributed by atoms with Crippen molar-refractivity contribution in [1.82, 2.24) is 14.9 Å². The number of carbonyl (C=O) groups is 1. The first kappa shape index (κ1) is 17.5. The van der Waals surface area contributed by atoms with E-state index >= 15 is 0 Å². The standard InChI is InChI=1S/C16H26N4O3/c1-11-9-14(18-13(3)17-11)20-8-7-19(12(2)10-22-20)15(21)23-16(4,5)6/h9,12H,7-8,10H2,1-6H3/t12-/m1/s1. The molecular formula is C16H26N4O3. The van der Waals surface area contributed by atoms with Crippen LogP contribution in [0.2, 0.25) is 0 Å². The minimum atomic E-state index is -0.509. The van der Waals surface area contributed by atoms with Gasteiger partial charge in [0.2, 0.25) is 0 Å². The van der Waals surface area contributed by atoms with Gasteiger partial charge in [0.05, 0.1) is 19.2 Å². The molecule has 1 aromatic heterocycles. The van der Waals surface area contributed by atoms with E-state index in [4.69, 9.17) is 9.57 Å². The molecule has 0 aliphatic carbocycles. The molecule has 1 saturated heterocycles. The van der Waals surface area contributed by atoms with Gasteiger partial charge in [-0.3, -0.25) is 4.84 Å². The highest BCUT2D eigenvalue weighted by Gasteiger charge is 2.30. The van der Waals surface area contributed by atoms with Gasteiger partial charge in [-0.05, 0) is 41.5 Å². The number of hydroxylamine groups is 1. The quantitative estimate of drug-likeness (QED) is 0.791. The van der Waals surface area contributed by atoms with Crippen LogP contribution in [0.25, 0.3) is 0 Å². The molecule has 23 heavy (non-hydrogen) atoms. The number of hydrogen-bond acceptors (Lipinski definition) is 6. The maximum atomic E-state index is 12.3. The van der Waals surface area contributed by atoms with Crippen LogP contribution in [-0.4, -0.2) is 52.3 Å². The molecule has 0 spiro atoms. The molecule has 0 N–H and O–H groups in total. The van der Waals surface area contributed by atoms with Crippen molar-refractivity contribution in [3.05, 3.63) is 17.6 Å². The smallest absolute Gasteiger partial charge is 0.410 e. The van der Waals surface area contributed by atoms with Gasteiger partial charge in [0.1, 0.15) is 11.4 Å². The zero-order chi connectivity index (χ0) is 17.2. The van der Waals surface area contributed by atoms with E-state index in [9.17, 15) is 4.79 Å². The lowest BCUT2D eigenvalue weighted by Crippen LogP contribution is -2.44. The molecule has 1 fully saturated rings. The second kappa shape index (κ2) is 6.70. The van der Waals surface area contributed by atoms with Gasteiger partial charge in [0.15, 0.2) is 5.82 Å². The van der Waals surface area contributed by atoms with Crippen molar-refractivity contribution in [1.29, 1.82) is 0 Å². The lowest BCUT2D eigenvalue weighted by atomic mass is 10.2. The number of rotatable bonds is 1. The number of aromatic nitrogens is 2. The third-order valence-corrected chi connectivity index (χ3v) is 3.38. The van der Waals surface area contributed by atoms with Gasteiger partial charge in [-0.2, -0.15) is 0 Å². The summed E-state index contributed by atoms with van der Waals surface area (Å²) in [4.78, 5) is 28.5. The molecule has 0 bridgehead atoms. The maximum absolute atomic E-state index is 12.3. The van der Waals surface area contributed by atoms with Crippen LogP contribution in [0.5, 0.6) is 0 Å². The van der Waals surface area contributed by atoms with Crippen LogP contribution in [0.4, 0.5) is 10.6 Å². The molecule has 2 rings (SSSR count). The first-order valence-corrected chi connectivity index (χ1v) is 7.88. The molecule has 0 saturated carbocycles. The summed E-state index contributed by atoms with van der Waals surface area (Å²) in [6.07, 6.45) is -0.314. The zero-order valence-corrected chi connectivity index (χ0v) is 14.8. The van der Waals surface area contributed by atoms with Crippen LogP contribution in [0.15, 0.2) is 6.07 Å². The lowest BCUT2D eigenvalue weighted by Gasteiger charge is -2.29. The molecule has 0 unspecified atom stereocenters. The average Bonchev–Trinajstić information content (AvgIpc) is 2.57. The van der Waals surface area contributed by atoms with Crippen LogP contribution in [-0.2, 0) is 9.57 Å². The first-order chi connectivity index (χ1) is 10.7. The van der Waals surface area contributed by atoms with E-state index in [0.29, 0.717) is 31.3 Å². The molecule has 1 amide bonds. The number of amides is 1. The summed E-state index contributed by atoms with van der Waals surface area (Å²) in [6, 6.07) is 1.81. The van der Waals surface area contributed by atoms with Gasteiger partial charge in [-0.15, -0.1) is 0 Å². The van der Waals surface area contributed by atoms with Crippen LogP contribution in [0.1, 0.15) is 39.2 Å². The van der Waals surface area contributed by atoms with E-state index in [0.717, 1.165) is 5.69 Å². The highest BCUT2D eigenvalue weighted by atomic mass is 16.7. The monoisotopic (exact) mass is 322 g/mol. The van der Waals surface area contributed by atoms with Crippen LogP contribution in [0.3, 0.4) is 0 Å². The van der Waals surface area contributed by atoms with Crippen molar-refractivity contribution in [3.8, 4) is 0 Å². The Labute approximate surface area is 137 Å². The third-order valence-electron chi connectivity index (χ3n) is 3.38. The van der Waals surface area contributed by atoms with Crippen molar-refractivity contribution in [2.24, 2.45) is 0 Å². The summed E-state index contributed by atoms with van der Waals surface area (Å²) >= 11 is 0. The first-order valence-electron chi connectivity index (χ1n) is 7.88. The number of anilines is 1. The number of hydrogen-bond donors (Lipinski definition) is 0. The zero-order valence-electron chi connectivity index (χ0n) is 14.8. The molecule has 7 heteroatoms. The van der Waals surface area contributed by atoms with Gasteiger partial charge < -0.3 is 9.64 Å². The molecule has 7 nitrogen and oxygen atoms in total. The Balaban J connectivity index is 2.09. The van der Waals surface area contributed by atoms with Gasteiger partial charge in [0.25, 0.3) is 0 Å². The number of carbonyl (C=O) groups excluding carboxylic acids is 1. The molecule has 128 valence electrons. The van der Waals surface area contributed by atoms with Crippen LogP contribution >= 0.6 is 0 Å². The summed E-state index contributed by atoms with van der Waals surface area (Å²) < 4.78 is 5.47. The highest BCUT2D eigenvalue weighted by molar-refractivity contribution is 5.68. The Morgan fingerprint density at radius 3 is 2.61 bits per heavy atom. The summed E-state index contributed by atoms with van der Waals surface area (Å²) in [5, 5.41) is 1.72. The largest absolute Gasteiger partial charge is 0.444 e. The molecular weight excluding hydrogens is 296 g/mol. The molecule has 1 aliphatic heterocycles. The molecule has 1 aliphatic rings. The third kappa shape index (κ3) is 4.79. The number of aryl methyl sites for hydroxylation is 2. The summed E-state index contributed by atoms with van der Waals surface area (Å²) in [7, 11) is 0. The van der Waals surface area contributed by atoms with Gasteiger partial charge in [-0.1, -0.05) is 0 Å². The Hall–Kier alpha value is -1.89. The van der Waals surface area contributed by atoms with Crippen molar-refractivity contribution in [2.45, 2.75) is 53.2 Å². The number of ether oxygens (including phenoxy) is 1. The second-order valence-corrected chi connectivity index (χ2v) is 6.84. The van der Waals surface area contributed by atoms with E-state index in [2.05, 4.69) is 9.97 Å². The van der Waals surface area contributed by atoms with Crippen molar-refractivity contribution >= 4 is 11.9 Å². The Morgan fingerprint density at radius 1 is 1.30 bits per heavy atom. The Bertz CT molecular complexity index is 551. The SMILES string of the molecule is Cc1cc(N2CCN(C(=O)OC(C)(C)C)[C@H](C)CO2)nc(C)n1. The Kier molecular flexibility index (Phi) is 5.09. The lowest BCUT2D eigenvalue weighted by molar-refractivity contribution is 0.0138. The molecule has 1 aromatic rings. The molecule has 2 heterocycles. The summed E-state index contributed by atoms with van der Waals surface area (Å²) in [5.74, 6) is 1.41. The van der Waals surface area contributed by atoms with Gasteiger partial charge in [0, 0.05) is 18.3 Å². The molecule has 0 aromatic carbocycles. The van der Waals surface area contributed by atoms with Crippen LogP contribution in [0, 0.1) is 13.8 Å². The summed E-state index contributed by atoms with van der Waals surface area (Å²) in [5.41, 5.74) is 0.377. The van der Waals surface area contributed by atoms with Crippen LogP contribution < -0.4 is 5.06 Å². The average molecular weight is 322 g/mol. The minimum Gasteiger partial charge on any atom is -0.444 e. The normalized spacial score (nSPS) is 19.5. The fourth-order valence-electron chi connectivity index (χ4n) is 2.37. The fraction of sp³-hybridized carbons (Fsp3) is 0.688. The maximum Gasteiger partial charge on any atom is 0.410 e. The fourth-order valence-corrected chi connectivity index (χ4v) is 2.37. The Morgan fingerprint density at radius 2 is 2.00 bits per heavy atom. The van der Waals surface area contributed by atoms with Crippen molar-refractivity contribution in [3.63, 3.8) is 0 Å². The van der Waals surface area contributed by atoms with Gasteiger partial charge in [-0.25, -0.2) is 19.8 Å². The van der Waals surface area contributed by atoms with Crippen molar-refractivity contribution < 1.29 is 14.4 Å². The second-order valence-electron chi connectivity index (χ2n) is 6.84. The van der Waals surface area contributed by atoms with E-state index in [1.165, 1.54) is 0 Å². The van der Waals surface area contributed by atoms with E-state index < -0.39 is 5.60 Å². The molecule has 1 atom stereocenters. The van der Waals surface area contributed by atoms with E-state index in [-0.39, 0.29) is 12.1 Å². The topological polar surface area (TPSA) is 67.8 Å². The van der Waals surface area contributed by atoms with E-state index in [1.807, 2.05) is 47.6 Å². The number of nitrogens with zero attached hydrogens (tertiary/aromatic N) is 4. The minimum absolute atomic E-state index is 0.0705.